The van der Waals surface area contributed by atoms with Crippen molar-refractivity contribution in [1.29, 1.82) is 0 Å². The highest BCUT2D eigenvalue weighted by atomic mass is 16.5. The number of benzene rings is 1. The van der Waals surface area contributed by atoms with Gasteiger partial charge in [-0.25, -0.2) is 4.79 Å². The van der Waals surface area contributed by atoms with Gasteiger partial charge in [0.15, 0.2) is 0 Å². The average Bonchev–Trinajstić information content (AvgIpc) is 2.29. The molecular weight excluding hydrogens is 188 g/mol. The van der Waals surface area contributed by atoms with E-state index in [2.05, 4.69) is 13.8 Å². The molecule has 0 aliphatic heterocycles. The number of hydrogen-bond acceptors (Lipinski definition) is 2. The summed E-state index contributed by atoms with van der Waals surface area (Å²) in [5, 5.41) is 0. The van der Waals surface area contributed by atoms with Crippen LogP contribution in [0.5, 0.6) is 0 Å². The highest BCUT2D eigenvalue weighted by Gasteiger charge is 2.05. The summed E-state index contributed by atoms with van der Waals surface area (Å²) in [5.74, 6) is -0.217. The van der Waals surface area contributed by atoms with Crippen molar-refractivity contribution in [3.05, 3.63) is 35.4 Å². The van der Waals surface area contributed by atoms with E-state index in [1.807, 2.05) is 24.3 Å². The Morgan fingerprint density at radius 3 is 2.40 bits per heavy atom. The minimum Gasteiger partial charge on any atom is -0.462 e. The molecule has 0 saturated heterocycles. The van der Waals surface area contributed by atoms with Crippen LogP contribution < -0.4 is 0 Å². The fraction of sp³-hybridized carbons (Fsp3) is 0.462. The summed E-state index contributed by atoms with van der Waals surface area (Å²) in [6, 6.07) is 7.59. The van der Waals surface area contributed by atoms with Gasteiger partial charge in [-0.3, -0.25) is 0 Å². The standard InChI is InChI=1S/C13H18O2/c1-3-5-10-15-13(14)12-8-6-11(4-2)7-9-12/h6-9H,3-5,10H2,1-2H3. The van der Waals surface area contributed by atoms with E-state index in [-0.39, 0.29) is 5.97 Å². The zero-order valence-corrected chi connectivity index (χ0v) is 9.45. The largest absolute Gasteiger partial charge is 0.462 e. The summed E-state index contributed by atoms with van der Waals surface area (Å²) in [7, 11) is 0. The van der Waals surface area contributed by atoms with E-state index in [1.54, 1.807) is 0 Å². The van der Waals surface area contributed by atoms with Crippen LogP contribution >= 0.6 is 0 Å². The lowest BCUT2D eigenvalue weighted by Gasteiger charge is -2.04. The van der Waals surface area contributed by atoms with Crippen molar-refractivity contribution < 1.29 is 9.53 Å². The SMILES string of the molecule is CCCCOC(=O)c1ccc(CC)cc1. The van der Waals surface area contributed by atoms with Gasteiger partial charge in [0, 0.05) is 0 Å². The van der Waals surface area contributed by atoms with Crippen LogP contribution in [0.1, 0.15) is 42.6 Å². The lowest BCUT2D eigenvalue weighted by atomic mass is 10.1. The molecule has 0 N–H and O–H groups in total. The molecular formula is C13H18O2. The Bertz CT molecular complexity index is 301. The second-order valence-corrected chi connectivity index (χ2v) is 3.54. The van der Waals surface area contributed by atoms with E-state index in [1.165, 1.54) is 5.56 Å². The van der Waals surface area contributed by atoms with Gasteiger partial charge in [0.25, 0.3) is 0 Å². The highest BCUT2D eigenvalue weighted by molar-refractivity contribution is 5.89. The molecule has 0 radical (unpaired) electrons. The molecule has 0 aliphatic rings. The van der Waals surface area contributed by atoms with Crippen LogP contribution in [0, 0.1) is 0 Å². The lowest BCUT2D eigenvalue weighted by Crippen LogP contribution is -2.06. The zero-order chi connectivity index (χ0) is 11.1. The van der Waals surface area contributed by atoms with Gasteiger partial charge in [-0.05, 0) is 30.5 Å². The van der Waals surface area contributed by atoms with E-state index in [9.17, 15) is 4.79 Å². The summed E-state index contributed by atoms with van der Waals surface area (Å²) in [4.78, 5) is 11.5. The van der Waals surface area contributed by atoms with Crippen molar-refractivity contribution in [3.63, 3.8) is 0 Å². The number of ether oxygens (including phenoxy) is 1. The van der Waals surface area contributed by atoms with Crippen molar-refractivity contribution in [2.45, 2.75) is 33.1 Å². The maximum atomic E-state index is 11.5. The van der Waals surface area contributed by atoms with Gasteiger partial charge < -0.3 is 4.74 Å². The Balaban J connectivity index is 2.50. The second-order valence-electron chi connectivity index (χ2n) is 3.54. The van der Waals surface area contributed by atoms with Crippen molar-refractivity contribution in [1.82, 2.24) is 0 Å². The Morgan fingerprint density at radius 1 is 1.20 bits per heavy atom. The fourth-order valence-corrected chi connectivity index (χ4v) is 1.27. The van der Waals surface area contributed by atoms with Crippen LogP contribution in [0.2, 0.25) is 0 Å². The van der Waals surface area contributed by atoms with Crippen LogP contribution in [0.4, 0.5) is 0 Å². The molecule has 0 aliphatic carbocycles. The quantitative estimate of drug-likeness (QED) is 0.546. The Kier molecular flexibility index (Phi) is 4.88. The molecule has 0 bridgehead atoms. The Hall–Kier alpha value is -1.31. The summed E-state index contributed by atoms with van der Waals surface area (Å²) in [6.07, 6.45) is 2.96. The molecule has 1 rings (SSSR count). The summed E-state index contributed by atoms with van der Waals surface area (Å²) >= 11 is 0. The third kappa shape index (κ3) is 3.74. The van der Waals surface area contributed by atoms with E-state index < -0.39 is 0 Å². The number of carbonyl (C=O) groups is 1. The number of unbranched alkanes of at least 4 members (excludes halogenated alkanes) is 1. The number of hydrogen-bond donors (Lipinski definition) is 0. The molecule has 2 heteroatoms. The van der Waals surface area contributed by atoms with Crippen molar-refractivity contribution in [2.75, 3.05) is 6.61 Å². The summed E-state index contributed by atoms with van der Waals surface area (Å²) < 4.78 is 5.10. The predicted molar refractivity (Wildman–Crippen MR) is 61.0 cm³/mol. The molecule has 0 aromatic heterocycles. The molecule has 0 spiro atoms. The number of aryl methyl sites for hydroxylation is 1. The molecule has 0 saturated carbocycles. The smallest absolute Gasteiger partial charge is 0.338 e. The third-order valence-electron chi connectivity index (χ3n) is 2.33. The van der Waals surface area contributed by atoms with Crippen LogP contribution in [0.15, 0.2) is 24.3 Å². The van der Waals surface area contributed by atoms with Crippen molar-refractivity contribution >= 4 is 5.97 Å². The molecule has 2 nitrogen and oxygen atoms in total. The molecule has 82 valence electrons. The van der Waals surface area contributed by atoms with Gasteiger partial charge in [0.05, 0.1) is 12.2 Å². The summed E-state index contributed by atoms with van der Waals surface area (Å²) in [6.45, 7) is 4.68. The molecule has 1 aromatic carbocycles. The van der Waals surface area contributed by atoms with Crippen LogP contribution in [-0.4, -0.2) is 12.6 Å². The highest BCUT2D eigenvalue weighted by Crippen LogP contribution is 2.06. The van der Waals surface area contributed by atoms with Crippen molar-refractivity contribution in [2.24, 2.45) is 0 Å². The first kappa shape index (κ1) is 11.8. The Labute approximate surface area is 91.3 Å². The average molecular weight is 206 g/mol. The first-order valence-electron chi connectivity index (χ1n) is 5.54. The minimum atomic E-state index is -0.217. The monoisotopic (exact) mass is 206 g/mol. The van der Waals surface area contributed by atoms with Gasteiger partial charge in [0.1, 0.15) is 0 Å². The maximum absolute atomic E-state index is 11.5. The van der Waals surface area contributed by atoms with E-state index in [0.29, 0.717) is 12.2 Å². The predicted octanol–water partition coefficient (Wildman–Crippen LogP) is 3.21. The molecule has 0 heterocycles. The molecule has 0 unspecified atom stereocenters. The lowest BCUT2D eigenvalue weighted by molar-refractivity contribution is 0.0500. The Morgan fingerprint density at radius 2 is 1.87 bits per heavy atom. The minimum absolute atomic E-state index is 0.217. The molecule has 0 amide bonds. The van der Waals surface area contributed by atoms with E-state index >= 15 is 0 Å². The summed E-state index contributed by atoms with van der Waals surface area (Å²) in [5.41, 5.74) is 1.88. The van der Waals surface area contributed by atoms with E-state index in [4.69, 9.17) is 4.74 Å². The van der Waals surface area contributed by atoms with Gasteiger partial charge in [-0.15, -0.1) is 0 Å². The molecule has 15 heavy (non-hydrogen) atoms. The maximum Gasteiger partial charge on any atom is 0.338 e. The number of carbonyl (C=O) groups excluding carboxylic acids is 1. The van der Waals surface area contributed by atoms with Gasteiger partial charge in [0.2, 0.25) is 0 Å². The van der Waals surface area contributed by atoms with Crippen LogP contribution in [-0.2, 0) is 11.2 Å². The van der Waals surface area contributed by atoms with Crippen LogP contribution in [0.3, 0.4) is 0 Å². The topological polar surface area (TPSA) is 26.3 Å². The van der Waals surface area contributed by atoms with Crippen molar-refractivity contribution in [3.8, 4) is 0 Å². The van der Waals surface area contributed by atoms with Crippen LogP contribution in [0.25, 0.3) is 0 Å². The second kappa shape index (κ2) is 6.23. The molecule has 1 aromatic rings. The molecule has 0 atom stereocenters. The van der Waals surface area contributed by atoms with E-state index in [0.717, 1.165) is 19.3 Å². The fourth-order valence-electron chi connectivity index (χ4n) is 1.27. The van der Waals surface area contributed by atoms with Gasteiger partial charge >= 0.3 is 5.97 Å². The number of esters is 1. The van der Waals surface area contributed by atoms with Gasteiger partial charge in [-0.1, -0.05) is 32.4 Å². The zero-order valence-electron chi connectivity index (χ0n) is 9.45. The first-order valence-corrected chi connectivity index (χ1v) is 5.54. The first-order chi connectivity index (χ1) is 7.27. The van der Waals surface area contributed by atoms with Gasteiger partial charge in [-0.2, -0.15) is 0 Å². The normalized spacial score (nSPS) is 10.0. The molecule has 0 fully saturated rings. The third-order valence-corrected chi connectivity index (χ3v) is 2.33. The number of rotatable bonds is 5.